The summed E-state index contributed by atoms with van der Waals surface area (Å²) in [6.07, 6.45) is 5.75. The number of carbonyl (C=O) groups is 1. The van der Waals surface area contributed by atoms with Gasteiger partial charge in [-0.15, -0.1) is 0 Å². The molecule has 0 spiro atoms. The zero-order chi connectivity index (χ0) is 14.7. The Bertz CT molecular complexity index is 637. The molecule has 1 heterocycles. The van der Waals surface area contributed by atoms with Crippen molar-refractivity contribution in [2.45, 2.75) is 38.6 Å². The average Bonchev–Trinajstić information content (AvgIpc) is 2.95. The van der Waals surface area contributed by atoms with Crippen LogP contribution in [0.1, 0.15) is 41.8 Å². The maximum atomic E-state index is 12.2. The van der Waals surface area contributed by atoms with Crippen molar-refractivity contribution in [1.29, 1.82) is 0 Å². The molecular weight excluding hydrogens is 260 g/mol. The average molecular weight is 280 g/mol. The second-order valence-electron chi connectivity index (χ2n) is 5.68. The van der Waals surface area contributed by atoms with Crippen molar-refractivity contribution in [2.24, 2.45) is 0 Å². The minimum absolute atomic E-state index is 0.0473. The molecule has 0 aliphatic heterocycles. The summed E-state index contributed by atoms with van der Waals surface area (Å²) in [5, 5.41) is 3.01. The van der Waals surface area contributed by atoms with Crippen molar-refractivity contribution in [2.75, 3.05) is 0 Å². The largest absolute Gasteiger partial charge is 0.348 e. The van der Waals surface area contributed by atoms with Gasteiger partial charge in [-0.05, 0) is 55.0 Å². The fourth-order valence-electron chi connectivity index (χ4n) is 2.92. The Morgan fingerprint density at radius 2 is 2.10 bits per heavy atom. The molecule has 1 amide bonds. The summed E-state index contributed by atoms with van der Waals surface area (Å²) >= 11 is 0. The monoisotopic (exact) mass is 280 g/mol. The smallest absolute Gasteiger partial charge is 0.224 e. The van der Waals surface area contributed by atoms with E-state index in [4.69, 9.17) is 0 Å². The lowest BCUT2D eigenvalue weighted by molar-refractivity contribution is -0.121. The third-order valence-electron chi connectivity index (χ3n) is 4.04. The van der Waals surface area contributed by atoms with Gasteiger partial charge in [0.1, 0.15) is 0 Å². The maximum absolute atomic E-state index is 12.2. The molecule has 3 rings (SSSR count). The fraction of sp³-hybridized carbons (Fsp3) is 0.333. The number of hydrogen-bond acceptors (Lipinski definition) is 2. The van der Waals surface area contributed by atoms with Crippen LogP contribution in [0.3, 0.4) is 0 Å². The van der Waals surface area contributed by atoms with E-state index < -0.39 is 0 Å². The Morgan fingerprint density at radius 1 is 1.24 bits per heavy atom. The van der Waals surface area contributed by atoms with Gasteiger partial charge in [0.2, 0.25) is 5.91 Å². The molecule has 3 nitrogen and oxygen atoms in total. The molecule has 3 heteroatoms. The predicted molar refractivity (Wildman–Crippen MR) is 83.0 cm³/mol. The Kier molecular flexibility index (Phi) is 4.00. The summed E-state index contributed by atoms with van der Waals surface area (Å²) in [5.41, 5.74) is 4.85. The van der Waals surface area contributed by atoms with E-state index >= 15 is 0 Å². The van der Waals surface area contributed by atoms with E-state index in [-0.39, 0.29) is 11.9 Å². The molecule has 1 atom stereocenters. The van der Waals surface area contributed by atoms with Gasteiger partial charge in [-0.2, -0.15) is 0 Å². The van der Waals surface area contributed by atoms with Gasteiger partial charge in [0.15, 0.2) is 0 Å². The van der Waals surface area contributed by atoms with E-state index in [0.717, 1.165) is 17.7 Å². The summed E-state index contributed by atoms with van der Waals surface area (Å²) in [5.74, 6) is 0.0473. The van der Waals surface area contributed by atoms with Crippen molar-refractivity contribution < 1.29 is 4.79 Å². The lowest BCUT2D eigenvalue weighted by atomic mass is 10.0. The van der Waals surface area contributed by atoms with Gasteiger partial charge < -0.3 is 5.32 Å². The van der Waals surface area contributed by atoms with Crippen molar-refractivity contribution >= 4 is 5.91 Å². The minimum Gasteiger partial charge on any atom is -0.348 e. The summed E-state index contributed by atoms with van der Waals surface area (Å²) < 4.78 is 0. The predicted octanol–water partition coefficient (Wildman–Crippen LogP) is 2.99. The van der Waals surface area contributed by atoms with Crippen LogP contribution in [0.15, 0.2) is 42.6 Å². The first-order valence-corrected chi connectivity index (χ1v) is 7.53. The summed E-state index contributed by atoms with van der Waals surface area (Å²) in [4.78, 5) is 16.4. The molecule has 1 aliphatic rings. The van der Waals surface area contributed by atoms with Gasteiger partial charge in [0, 0.05) is 6.20 Å². The molecule has 0 radical (unpaired) electrons. The van der Waals surface area contributed by atoms with Crippen molar-refractivity contribution in [1.82, 2.24) is 10.3 Å². The molecule has 108 valence electrons. The number of nitrogens with one attached hydrogen (secondary N) is 1. The zero-order valence-corrected chi connectivity index (χ0v) is 12.3. The van der Waals surface area contributed by atoms with E-state index in [1.807, 2.05) is 25.1 Å². The van der Waals surface area contributed by atoms with Crippen LogP contribution >= 0.6 is 0 Å². The normalized spacial score (nSPS) is 14.5. The van der Waals surface area contributed by atoms with E-state index in [1.54, 1.807) is 6.20 Å². The lowest BCUT2D eigenvalue weighted by Crippen LogP contribution is -2.28. The molecule has 1 aromatic heterocycles. The molecule has 1 N–H and O–H groups in total. The van der Waals surface area contributed by atoms with Gasteiger partial charge in [-0.3, -0.25) is 9.78 Å². The molecule has 0 saturated carbocycles. The van der Waals surface area contributed by atoms with E-state index in [0.29, 0.717) is 6.42 Å². The molecular formula is C18H20N2O. The van der Waals surface area contributed by atoms with Crippen LogP contribution in [0.5, 0.6) is 0 Å². The van der Waals surface area contributed by atoms with Gasteiger partial charge in [-0.1, -0.05) is 24.3 Å². The van der Waals surface area contributed by atoms with Crippen molar-refractivity contribution in [3.8, 4) is 0 Å². The third-order valence-corrected chi connectivity index (χ3v) is 4.04. The van der Waals surface area contributed by atoms with Gasteiger partial charge in [0.05, 0.1) is 18.2 Å². The topological polar surface area (TPSA) is 42.0 Å². The van der Waals surface area contributed by atoms with Crippen LogP contribution in [0.25, 0.3) is 0 Å². The molecule has 2 aromatic rings. The number of amides is 1. The number of rotatable bonds is 4. The Hall–Kier alpha value is -2.16. The SMILES string of the molecule is CC(NC(=O)Cc1ccc2c(c1)CCC2)c1ccccn1. The number of carbonyl (C=O) groups excluding carboxylic acids is 1. The summed E-state index contributed by atoms with van der Waals surface area (Å²) in [7, 11) is 0. The van der Waals surface area contributed by atoms with Crippen molar-refractivity contribution in [3.63, 3.8) is 0 Å². The number of aromatic nitrogens is 1. The molecule has 21 heavy (non-hydrogen) atoms. The summed E-state index contributed by atoms with van der Waals surface area (Å²) in [6.45, 7) is 1.96. The molecule has 0 bridgehead atoms. The van der Waals surface area contributed by atoms with E-state index in [1.165, 1.54) is 24.0 Å². The number of fused-ring (bicyclic) bond motifs is 1. The van der Waals surface area contributed by atoms with Crippen LogP contribution in [-0.2, 0) is 24.1 Å². The highest BCUT2D eigenvalue weighted by molar-refractivity contribution is 5.79. The Morgan fingerprint density at radius 3 is 2.90 bits per heavy atom. The molecule has 1 unspecified atom stereocenters. The highest BCUT2D eigenvalue weighted by Crippen LogP contribution is 2.23. The first kappa shape index (κ1) is 13.8. The molecule has 1 aromatic carbocycles. The minimum atomic E-state index is -0.0619. The number of nitrogens with zero attached hydrogens (tertiary/aromatic N) is 1. The second-order valence-corrected chi connectivity index (χ2v) is 5.68. The van der Waals surface area contributed by atoms with E-state index in [9.17, 15) is 4.79 Å². The maximum Gasteiger partial charge on any atom is 0.224 e. The highest BCUT2D eigenvalue weighted by atomic mass is 16.1. The molecule has 1 aliphatic carbocycles. The van der Waals surface area contributed by atoms with Gasteiger partial charge >= 0.3 is 0 Å². The zero-order valence-electron chi connectivity index (χ0n) is 12.3. The van der Waals surface area contributed by atoms with Crippen LogP contribution < -0.4 is 5.32 Å². The van der Waals surface area contributed by atoms with Crippen LogP contribution in [0.4, 0.5) is 0 Å². The number of aryl methyl sites for hydroxylation is 2. The Labute approximate surface area is 125 Å². The molecule has 0 fully saturated rings. The standard InChI is InChI=1S/C18H20N2O/c1-13(17-7-2-3-10-19-17)20-18(21)12-14-8-9-15-5-4-6-16(15)11-14/h2-3,7-11,13H,4-6,12H2,1H3,(H,20,21). The van der Waals surface area contributed by atoms with Crippen LogP contribution in [0.2, 0.25) is 0 Å². The number of benzene rings is 1. The number of hydrogen-bond donors (Lipinski definition) is 1. The Balaban J connectivity index is 1.61. The second kappa shape index (κ2) is 6.08. The van der Waals surface area contributed by atoms with Crippen LogP contribution in [0, 0.1) is 0 Å². The first-order chi connectivity index (χ1) is 10.2. The van der Waals surface area contributed by atoms with Crippen LogP contribution in [-0.4, -0.2) is 10.9 Å². The third kappa shape index (κ3) is 3.30. The van der Waals surface area contributed by atoms with Gasteiger partial charge in [-0.25, -0.2) is 0 Å². The lowest BCUT2D eigenvalue weighted by Gasteiger charge is -2.13. The molecule has 0 saturated heterocycles. The van der Waals surface area contributed by atoms with E-state index in [2.05, 4.69) is 28.5 Å². The summed E-state index contributed by atoms with van der Waals surface area (Å²) in [6, 6.07) is 12.1. The number of pyridine rings is 1. The quantitative estimate of drug-likeness (QED) is 0.935. The van der Waals surface area contributed by atoms with Crippen molar-refractivity contribution in [3.05, 3.63) is 65.0 Å². The first-order valence-electron chi connectivity index (χ1n) is 7.53. The fourth-order valence-corrected chi connectivity index (χ4v) is 2.92. The highest BCUT2D eigenvalue weighted by Gasteiger charge is 2.14. The van der Waals surface area contributed by atoms with Gasteiger partial charge in [0.25, 0.3) is 0 Å².